The van der Waals surface area contributed by atoms with Crippen LogP contribution in [-0.4, -0.2) is 49.3 Å². The summed E-state index contributed by atoms with van der Waals surface area (Å²) in [7, 11) is 0. The van der Waals surface area contributed by atoms with E-state index < -0.39 is 4.92 Å². The normalized spacial score (nSPS) is 16.7. The van der Waals surface area contributed by atoms with E-state index >= 15 is 0 Å². The van der Waals surface area contributed by atoms with Crippen LogP contribution in [0.4, 0.5) is 29.2 Å². The molecule has 13 heteroatoms. The van der Waals surface area contributed by atoms with Crippen LogP contribution in [0.5, 0.6) is 0 Å². The van der Waals surface area contributed by atoms with Gasteiger partial charge in [-0.3, -0.25) is 10.1 Å². The molecule has 2 aromatic carbocycles. The third-order valence-corrected chi connectivity index (χ3v) is 7.57. The van der Waals surface area contributed by atoms with Crippen molar-refractivity contribution in [2.24, 2.45) is 5.92 Å². The van der Waals surface area contributed by atoms with Gasteiger partial charge in [-0.05, 0) is 66.4 Å². The molecule has 5 rings (SSSR count). The second-order valence-electron chi connectivity index (χ2n) is 10.9. The molecule has 2 heterocycles. The highest BCUT2D eigenvalue weighted by Crippen LogP contribution is 2.29. The number of hydrogen-bond acceptors (Lipinski definition) is 12. The molecule has 1 aliphatic rings. The van der Waals surface area contributed by atoms with Gasteiger partial charge in [0, 0.05) is 31.7 Å². The molecule has 222 valence electrons. The van der Waals surface area contributed by atoms with Gasteiger partial charge in [0.25, 0.3) is 0 Å². The molecule has 0 atom stereocenters. The summed E-state index contributed by atoms with van der Waals surface area (Å²) < 4.78 is 4.72. The maximum atomic E-state index is 11.2. The lowest BCUT2D eigenvalue weighted by atomic mass is 9.87. The fraction of sp³-hybridized carbons (Fsp3) is 0.483. The van der Waals surface area contributed by atoms with Crippen molar-refractivity contribution >= 4 is 40.3 Å². The van der Waals surface area contributed by atoms with Crippen molar-refractivity contribution in [2.75, 3.05) is 34.4 Å². The molecule has 13 nitrogen and oxygen atoms in total. The van der Waals surface area contributed by atoms with Gasteiger partial charge < -0.3 is 21.3 Å². The molecule has 1 aliphatic carbocycles. The average molecular weight is 575 g/mol. The Hall–Kier alpha value is -4.55. The van der Waals surface area contributed by atoms with E-state index in [1.54, 1.807) is 6.07 Å². The number of nitro groups is 1. The van der Waals surface area contributed by atoms with Gasteiger partial charge in [-0.1, -0.05) is 50.1 Å². The van der Waals surface area contributed by atoms with Crippen molar-refractivity contribution in [3.8, 4) is 0 Å². The highest BCUT2D eigenvalue weighted by atomic mass is 16.6. The molecule has 0 bridgehead atoms. The van der Waals surface area contributed by atoms with Crippen LogP contribution in [-0.2, 0) is 6.54 Å². The number of nitrogens with zero attached hydrogens (tertiary/aromatic N) is 6. The summed E-state index contributed by atoms with van der Waals surface area (Å²) in [4.78, 5) is 24.6. The molecule has 4 aromatic rings. The molecule has 1 saturated carbocycles. The van der Waals surface area contributed by atoms with Crippen LogP contribution in [0.15, 0.2) is 47.1 Å². The number of anilines is 4. The first kappa shape index (κ1) is 29.0. The lowest BCUT2D eigenvalue weighted by Gasteiger charge is -2.27. The average Bonchev–Trinajstić information content (AvgIpc) is 3.49. The number of nitrogens with one attached hydrogen (secondary N) is 4. The van der Waals surface area contributed by atoms with E-state index in [0.717, 1.165) is 56.6 Å². The number of benzene rings is 2. The van der Waals surface area contributed by atoms with E-state index in [1.807, 2.05) is 18.2 Å². The van der Waals surface area contributed by atoms with Crippen molar-refractivity contribution in [3.63, 3.8) is 0 Å². The number of aromatic nitrogens is 5. The second kappa shape index (κ2) is 14.4. The Kier molecular flexibility index (Phi) is 9.91. The molecule has 1 fully saturated rings. The SMILES string of the molecule is CC1CCC(Nc2nc(NCCCCCCNc3ccc([N+](=O)[O-])c4nonc34)nc(NCc3ccccc3)n2)CC1. The summed E-state index contributed by atoms with van der Waals surface area (Å²) in [6.45, 7) is 4.42. The van der Waals surface area contributed by atoms with Gasteiger partial charge in [0.05, 0.1) is 10.6 Å². The van der Waals surface area contributed by atoms with Crippen LogP contribution in [0, 0.1) is 16.0 Å². The minimum atomic E-state index is -0.488. The van der Waals surface area contributed by atoms with Gasteiger partial charge in [0.1, 0.15) is 0 Å². The predicted octanol–water partition coefficient (Wildman–Crippen LogP) is 6.00. The lowest BCUT2D eigenvalue weighted by Crippen LogP contribution is -2.26. The van der Waals surface area contributed by atoms with Gasteiger partial charge >= 0.3 is 5.69 Å². The van der Waals surface area contributed by atoms with Crippen LogP contribution < -0.4 is 21.3 Å². The van der Waals surface area contributed by atoms with Crippen molar-refractivity contribution in [1.29, 1.82) is 0 Å². The van der Waals surface area contributed by atoms with Gasteiger partial charge in [0.15, 0.2) is 5.52 Å². The number of unbranched alkanes of at least 4 members (excludes halogenated alkanes) is 3. The Labute approximate surface area is 244 Å². The molecular weight excluding hydrogens is 536 g/mol. The third-order valence-electron chi connectivity index (χ3n) is 7.57. The topological polar surface area (TPSA) is 169 Å². The highest BCUT2D eigenvalue weighted by molar-refractivity contribution is 5.93. The summed E-state index contributed by atoms with van der Waals surface area (Å²) in [5.74, 6) is 2.51. The van der Waals surface area contributed by atoms with E-state index in [1.165, 1.54) is 18.9 Å². The Morgan fingerprint density at radius 3 is 2.21 bits per heavy atom. The van der Waals surface area contributed by atoms with Crippen LogP contribution in [0.2, 0.25) is 0 Å². The van der Waals surface area contributed by atoms with Crippen molar-refractivity contribution in [3.05, 3.63) is 58.1 Å². The zero-order valence-electron chi connectivity index (χ0n) is 23.9. The summed E-state index contributed by atoms with van der Waals surface area (Å²) in [5.41, 5.74) is 2.24. The number of rotatable bonds is 15. The molecule has 0 spiro atoms. The Balaban J connectivity index is 1.08. The van der Waals surface area contributed by atoms with E-state index in [0.29, 0.717) is 48.2 Å². The Morgan fingerprint density at radius 1 is 0.810 bits per heavy atom. The van der Waals surface area contributed by atoms with E-state index in [9.17, 15) is 10.1 Å². The fourth-order valence-electron chi connectivity index (χ4n) is 5.13. The van der Waals surface area contributed by atoms with Gasteiger partial charge in [0.2, 0.25) is 23.4 Å². The second-order valence-corrected chi connectivity index (χ2v) is 10.9. The van der Waals surface area contributed by atoms with E-state index in [-0.39, 0.29) is 11.2 Å². The molecule has 2 aromatic heterocycles. The quantitative estimate of drug-likeness (QED) is 0.0743. The zero-order valence-corrected chi connectivity index (χ0v) is 23.9. The van der Waals surface area contributed by atoms with Crippen LogP contribution in [0.1, 0.15) is 63.9 Å². The summed E-state index contributed by atoms with van der Waals surface area (Å²) in [6.07, 6.45) is 8.66. The molecule has 0 amide bonds. The first-order valence-corrected chi connectivity index (χ1v) is 14.7. The van der Waals surface area contributed by atoms with E-state index in [4.69, 9.17) is 4.63 Å². The molecule has 0 radical (unpaired) electrons. The molecular formula is C29H38N10O3. The smallest absolute Gasteiger partial charge is 0.300 e. The van der Waals surface area contributed by atoms with Gasteiger partial charge in [-0.15, -0.1) is 0 Å². The van der Waals surface area contributed by atoms with Gasteiger partial charge in [-0.25, -0.2) is 4.63 Å². The summed E-state index contributed by atoms with van der Waals surface area (Å²) >= 11 is 0. The first-order chi connectivity index (χ1) is 20.5. The number of nitro benzene ring substituents is 1. The molecule has 42 heavy (non-hydrogen) atoms. The highest BCUT2D eigenvalue weighted by Gasteiger charge is 2.20. The number of fused-ring (bicyclic) bond motifs is 1. The zero-order chi connectivity index (χ0) is 29.1. The minimum absolute atomic E-state index is 0.118. The van der Waals surface area contributed by atoms with Crippen molar-refractivity contribution < 1.29 is 9.55 Å². The predicted molar refractivity (Wildman–Crippen MR) is 163 cm³/mol. The number of non-ortho nitro benzene ring substituents is 1. The van der Waals surface area contributed by atoms with E-state index in [2.05, 4.69) is 65.6 Å². The maximum Gasteiger partial charge on any atom is 0.300 e. The van der Waals surface area contributed by atoms with Gasteiger partial charge in [-0.2, -0.15) is 15.0 Å². The summed E-state index contributed by atoms with van der Waals surface area (Å²) in [5, 5.41) is 32.2. The minimum Gasteiger partial charge on any atom is -0.383 e. The summed E-state index contributed by atoms with van der Waals surface area (Å²) in [6, 6.07) is 13.6. The Bertz CT molecular complexity index is 1440. The van der Waals surface area contributed by atoms with Crippen LogP contribution in [0.25, 0.3) is 11.0 Å². The fourth-order valence-corrected chi connectivity index (χ4v) is 5.13. The maximum absolute atomic E-state index is 11.2. The Morgan fingerprint density at radius 2 is 1.48 bits per heavy atom. The lowest BCUT2D eigenvalue weighted by molar-refractivity contribution is -0.383. The molecule has 0 unspecified atom stereocenters. The molecule has 0 saturated heterocycles. The largest absolute Gasteiger partial charge is 0.383 e. The van der Waals surface area contributed by atoms with Crippen LogP contribution in [0.3, 0.4) is 0 Å². The van der Waals surface area contributed by atoms with Crippen molar-refractivity contribution in [2.45, 2.75) is 70.9 Å². The monoisotopic (exact) mass is 574 g/mol. The number of hydrogen-bond donors (Lipinski definition) is 4. The first-order valence-electron chi connectivity index (χ1n) is 14.7. The molecule has 4 N–H and O–H groups in total. The standard InChI is InChI=1S/C29H38N10O3/c1-20-11-13-22(14-12-20)33-29-35-27(34-28(36-29)32-19-21-9-5-4-6-10-21)31-18-8-3-2-7-17-30-23-15-16-24(39(40)41)26-25(23)37-42-38-26/h4-6,9-10,15-16,20,22,30H,2-3,7-8,11-14,17-19H2,1H3,(H3,31,32,33,34,35,36). The third kappa shape index (κ3) is 8.02. The molecule has 0 aliphatic heterocycles. The van der Waals surface area contributed by atoms with Crippen LogP contribution >= 0.6 is 0 Å². The van der Waals surface area contributed by atoms with Crippen molar-refractivity contribution in [1.82, 2.24) is 25.3 Å².